The lowest BCUT2D eigenvalue weighted by molar-refractivity contribution is -0.118. The minimum absolute atomic E-state index is 0.00536. The Kier molecular flexibility index (Phi) is 5.63. The summed E-state index contributed by atoms with van der Waals surface area (Å²) in [4.78, 5) is 32.8. The van der Waals surface area contributed by atoms with E-state index in [0.717, 1.165) is 21.7 Å². The highest BCUT2D eigenvalue weighted by Gasteiger charge is 2.41. The first-order valence-corrected chi connectivity index (χ1v) is 14.2. The molecule has 2 amide bonds. The number of hydrogen-bond donors (Lipinski definition) is 1. The fourth-order valence-electron chi connectivity index (χ4n) is 4.14. The van der Waals surface area contributed by atoms with E-state index in [1.807, 2.05) is 37.8 Å². The number of aryl methyl sites for hydroxylation is 1. The van der Waals surface area contributed by atoms with Crippen LogP contribution in [0.2, 0.25) is 0 Å². The average molecular weight is 460 g/mol. The maximum absolute atomic E-state index is 13.3. The second-order valence-corrected chi connectivity index (χ2v) is 13.7. The van der Waals surface area contributed by atoms with Crippen molar-refractivity contribution in [3.8, 4) is 10.4 Å². The van der Waals surface area contributed by atoms with Crippen LogP contribution >= 0.6 is 18.5 Å². The largest absolute Gasteiger partial charge is 0.331 e. The number of fused-ring (bicyclic) bond motifs is 1. The highest BCUT2D eigenvalue weighted by molar-refractivity contribution is 7.70. The van der Waals surface area contributed by atoms with Crippen molar-refractivity contribution in [1.29, 1.82) is 0 Å². The number of hydrogen-bond acceptors (Lipinski definition) is 5. The second-order valence-electron chi connectivity index (χ2n) is 9.47. The predicted molar refractivity (Wildman–Crippen MR) is 127 cm³/mol. The number of rotatable bonds is 6. The summed E-state index contributed by atoms with van der Waals surface area (Å²) in [5, 5.41) is 4.08. The molecule has 0 unspecified atom stereocenters. The Morgan fingerprint density at radius 2 is 1.94 bits per heavy atom. The van der Waals surface area contributed by atoms with Crippen LogP contribution in [0.3, 0.4) is 0 Å². The molecule has 0 radical (unpaired) electrons. The molecule has 6 nitrogen and oxygen atoms in total. The van der Waals surface area contributed by atoms with Crippen LogP contribution in [-0.2, 0) is 15.9 Å². The van der Waals surface area contributed by atoms with Gasteiger partial charge in [-0.05, 0) is 69.2 Å². The molecule has 1 aliphatic heterocycles. The zero-order valence-electron chi connectivity index (χ0n) is 19.0. The van der Waals surface area contributed by atoms with Gasteiger partial charge in [-0.25, -0.2) is 4.98 Å². The lowest BCUT2D eigenvalue weighted by atomic mass is 10.0. The number of anilines is 1. The summed E-state index contributed by atoms with van der Waals surface area (Å²) >= 11 is 1.41. The van der Waals surface area contributed by atoms with Crippen LogP contribution in [0, 0.1) is 18.8 Å². The lowest BCUT2D eigenvalue weighted by Gasteiger charge is -2.24. The third-order valence-corrected chi connectivity index (χ3v) is 8.84. The Labute approximate surface area is 187 Å². The van der Waals surface area contributed by atoms with Crippen molar-refractivity contribution in [2.75, 3.05) is 18.6 Å². The first kappa shape index (κ1) is 22.2. The predicted octanol–water partition coefficient (Wildman–Crippen LogP) is 4.72. The van der Waals surface area contributed by atoms with Gasteiger partial charge in [-0.2, -0.15) is 0 Å². The number of carbonyl (C=O) groups is 2. The molecule has 2 aliphatic rings. The summed E-state index contributed by atoms with van der Waals surface area (Å²) in [6.07, 6.45) is 2.34. The van der Waals surface area contributed by atoms with Crippen LogP contribution in [0.5, 0.6) is 0 Å². The van der Waals surface area contributed by atoms with E-state index in [0.29, 0.717) is 28.5 Å². The summed E-state index contributed by atoms with van der Waals surface area (Å²) in [5.74, 6) is 0.380. The first-order chi connectivity index (χ1) is 14.5. The third-order valence-electron chi connectivity index (χ3n) is 6.20. The van der Waals surface area contributed by atoms with Gasteiger partial charge in [-0.15, -0.1) is 0 Å². The van der Waals surface area contributed by atoms with E-state index in [9.17, 15) is 14.2 Å². The van der Waals surface area contributed by atoms with E-state index in [1.54, 1.807) is 13.3 Å². The van der Waals surface area contributed by atoms with Crippen LogP contribution in [0.1, 0.15) is 55.2 Å². The van der Waals surface area contributed by atoms with Crippen molar-refractivity contribution < 1.29 is 14.2 Å². The summed E-state index contributed by atoms with van der Waals surface area (Å²) in [6.45, 7) is 11.7. The first-order valence-electron chi connectivity index (χ1n) is 10.8. The second kappa shape index (κ2) is 7.86. The van der Waals surface area contributed by atoms with E-state index in [-0.39, 0.29) is 23.8 Å². The van der Waals surface area contributed by atoms with Crippen LogP contribution in [0.25, 0.3) is 10.4 Å². The molecule has 0 spiro atoms. The Morgan fingerprint density at radius 3 is 2.52 bits per heavy atom. The van der Waals surface area contributed by atoms with Gasteiger partial charge in [0.25, 0.3) is 5.91 Å². The zero-order chi connectivity index (χ0) is 22.7. The van der Waals surface area contributed by atoms with E-state index < -0.39 is 7.14 Å². The van der Waals surface area contributed by atoms with Crippen molar-refractivity contribution in [2.24, 2.45) is 11.8 Å². The van der Waals surface area contributed by atoms with Gasteiger partial charge in [0, 0.05) is 23.8 Å². The standard InChI is InChI=1S/C23H30N3O3PS/c1-12(2)21(27)25-23-24-13(3)20(31-23)16-9-17-11-26(14(4)15-7-8-15)22(28)19(17)18(10-16)30(5,6)29/h9-10,12,14-15H,7-8,11H2,1-6H3,(H,24,25,27)/t14-/m0/s1. The van der Waals surface area contributed by atoms with Crippen LogP contribution in [0.4, 0.5) is 5.13 Å². The SMILES string of the molecule is Cc1nc(NC(=O)C(C)C)sc1-c1cc2c(c(P(C)(C)=O)c1)C(=O)N([C@@H](C)C1CC1)C2. The van der Waals surface area contributed by atoms with Crippen molar-refractivity contribution in [3.05, 3.63) is 29.0 Å². The fourth-order valence-corrected chi connectivity index (χ4v) is 6.33. The molecule has 166 valence electrons. The molecule has 1 atom stereocenters. The molecule has 1 aromatic heterocycles. The van der Waals surface area contributed by atoms with Crippen molar-refractivity contribution in [3.63, 3.8) is 0 Å². The molecule has 0 saturated heterocycles. The Bertz CT molecular complexity index is 1110. The molecule has 4 rings (SSSR count). The summed E-state index contributed by atoms with van der Waals surface area (Å²) in [5.41, 5.74) is 3.28. The molecule has 0 bridgehead atoms. The van der Waals surface area contributed by atoms with Crippen molar-refractivity contribution in [1.82, 2.24) is 9.88 Å². The van der Waals surface area contributed by atoms with Crippen LogP contribution < -0.4 is 10.6 Å². The topological polar surface area (TPSA) is 79.4 Å². The number of nitrogens with zero attached hydrogens (tertiary/aromatic N) is 2. The molecular formula is C23H30N3O3PS. The molecule has 2 aromatic rings. The Hall–Kier alpha value is -1.98. The summed E-state index contributed by atoms with van der Waals surface area (Å²) < 4.78 is 13.2. The number of amides is 2. The molecule has 31 heavy (non-hydrogen) atoms. The number of aromatic nitrogens is 1. The van der Waals surface area contributed by atoms with Crippen LogP contribution in [-0.4, -0.2) is 41.1 Å². The minimum Gasteiger partial charge on any atom is -0.331 e. The van der Waals surface area contributed by atoms with Gasteiger partial charge >= 0.3 is 0 Å². The van der Waals surface area contributed by atoms with Crippen LogP contribution in [0.15, 0.2) is 12.1 Å². The molecule has 1 fully saturated rings. The molecule has 8 heteroatoms. The lowest BCUT2D eigenvalue weighted by Crippen LogP contribution is -2.35. The molecule has 1 aromatic carbocycles. The normalized spacial score (nSPS) is 17.3. The van der Waals surface area contributed by atoms with E-state index in [4.69, 9.17) is 0 Å². The minimum atomic E-state index is -2.69. The zero-order valence-corrected chi connectivity index (χ0v) is 20.7. The Balaban J connectivity index is 1.76. The van der Waals surface area contributed by atoms with Gasteiger partial charge in [0.1, 0.15) is 7.14 Å². The molecule has 1 N–H and O–H groups in total. The highest BCUT2D eigenvalue weighted by Crippen LogP contribution is 2.44. The van der Waals surface area contributed by atoms with Crippen molar-refractivity contribution in [2.45, 2.75) is 53.1 Å². The van der Waals surface area contributed by atoms with E-state index in [2.05, 4.69) is 17.2 Å². The summed E-state index contributed by atoms with van der Waals surface area (Å²) in [7, 11) is -2.69. The maximum Gasteiger partial charge on any atom is 0.255 e. The quantitative estimate of drug-likeness (QED) is 0.634. The highest BCUT2D eigenvalue weighted by atomic mass is 32.1. The van der Waals surface area contributed by atoms with Gasteiger partial charge in [0.15, 0.2) is 5.13 Å². The van der Waals surface area contributed by atoms with Gasteiger partial charge < -0.3 is 14.8 Å². The number of carbonyl (C=O) groups excluding carboxylic acids is 2. The van der Waals surface area contributed by atoms with Gasteiger partial charge in [-0.3, -0.25) is 9.59 Å². The number of benzene rings is 1. The van der Waals surface area contributed by atoms with Gasteiger partial charge in [0.2, 0.25) is 5.91 Å². The third kappa shape index (κ3) is 4.22. The van der Waals surface area contributed by atoms with E-state index in [1.165, 1.54) is 24.2 Å². The van der Waals surface area contributed by atoms with Gasteiger partial charge in [-0.1, -0.05) is 25.2 Å². The number of thiazole rings is 1. The summed E-state index contributed by atoms with van der Waals surface area (Å²) in [6, 6.07) is 4.14. The van der Waals surface area contributed by atoms with Gasteiger partial charge in [0.05, 0.1) is 16.1 Å². The van der Waals surface area contributed by atoms with Crippen molar-refractivity contribution >= 4 is 40.7 Å². The average Bonchev–Trinajstić information content (AvgIpc) is 3.39. The molecule has 1 saturated carbocycles. The Morgan fingerprint density at radius 1 is 1.26 bits per heavy atom. The number of nitrogens with one attached hydrogen (secondary N) is 1. The molecule has 2 heterocycles. The molecule has 1 aliphatic carbocycles. The molecular weight excluding hydrogens is 429 g/mol. The van der Waals surface area contributed by atoms with E-state index >= 15 is 0 Å². The smallest absolute Gasteiger partial charge is 0.255 e. The maximum atomic E-state index is 13.3. The monoisotopic (exact) mass is 459 g/mol. The fraction of sp³-hybridized carbons (Fsp3) is 0.522.